The van der Waals surface area contributed by atoms with E-state index in [-0.39, 0.29) is 5.56 Å². The van der Waals surface area contributed by atoms with Crippen LogP contribution in [0.1, 0.15) is 33.6 Å². The van der Waals surface area contributed by atoms with E-state index >= 15 is 0 Å². The van der Waals surface area contributed by atoms with Gasteiger partial charge in [-0.1, -0.05) is 30.3 Å². The van der Waals surface area contributed by atoms with Gasteiger partial charge in [-0.05, 0) is 31.0 Å². The number of hydrogen-bond donors (Lipinski definition) is 3. The summed E-state index contributed by atoms with van der Waals surface area (Å²) in [5.41, 5.74) is 8.96. The van der Waals surface area contributed by atoms with Crippen LogP contribution in [0.2, 0.25) is 0 Å². The lowest BCUT2D eigenvalue weighted by molar-refractivity contribution is 0.100. The van der Waals surface area contributed by atoms with E-state index in [9.17, 15) is 9.18 Å². The minimum atomic E-state index is -0.716. The van der Waals surface area contributed by atoms with Crippen molar-refractivity contribution >= 4 is 22.6 Å². The Bertz CT molecular complexity index is 1300. The molecule has 4 aromatic rings. The fraction of sp³-hybridized carbons (Fsp3) is 0.217. The van der Waals surface area contributed by atoms with Gasteiger partial charge in [-0.25, -0.2) is 9.37 Å². The Morgan fingerprint density at radius 3 is 2.88 bits per heavy atom. The van der Waals surface area contributed by atoms with Crippen molar-refractivity contribution in [1.29, 1.82) is 0 Å². The molecule has 0 saturated carbocycles. The predicted molar refractivity (Wildman–Crippen MR) is 119 cm³/mol. The van der Waals surface area contributed by atoms with E-state index in [1.165, 1.54) is 16.9 Å². The van der Waals surface area contributed by atoms with Crippen molar-refractivity contribution in [3.8, 4) is 5.95 Å². The number of rotatable bonds is 5. The Balaban J connectivity index is 1.62. The first-order valence-corrected chi connectivity index (χ1v) is 10.5. The molecule has 0 atom stereocenters. The molecule has 162 valence electrons. The molecule has 32 heavy (non-hydrogen) atoms. The Morgan fingerprint density at radius 1 is 1.22 bits per heavy atom. The van der Waals surface area contributed by atoms with Crippen LogP contribution >= 0.6 is 0 Å². The van der Waals surface area contributed by atoms with Crippen molar-refractivity contribution in [3.63, 3.8) is 0 Å². The number of primary amides is 1. The minimum absolute atomic E-state index is 0.0742. The van der Waals surface area contributed by atoms with Crippen LogP contribution in [0.3, 0.4) is 0 Å². The Morgan fingerprint density at radius 2 is 2.06 bits per heavy atom. The predicted octanol–water partition coefficient (Wildman–Crippen LogP) is 2.70. The number of anilines is 1. The van der Waals surface area contributed by atoms with Crippen molar-refractivity contribution in [1.82, 2.24) is 25.1 Å². The van der Waals surface area contributed by atoms with Crippen molar-refractivity contribution in [3.05, 3.63) is 76.9 Å². The van der Waals surface area contributed by atoms with Crippen LogP contribution in [0, 0.1) is 5.82 Å². The van der Waals surface area contributed by atoms with Crippen molar-refractivity contribution in [2.45, 2.75) is 25.9 Å². The maximum absolute atomic E-state index is 14.2. The minimum Gasteiger partial charge on any atom is -0.366 e. The number of nitrogens with two attached hydrogens (primary N) is 1. The molecule has 2 aromatic heterocycles. The van der Waals surface area contributed by atoms with Crippen LogP contribution in [0.25, 0.3) is 16.9 Å². The molecule has 0 bridgehead atoms. The number of benzene rings is 2. The largest absolute Gasteiger partial charge is 0.366 e. The van der Waals surface area contributed by atoms with Gasteiger partial charge in [-0.3, -0.25) is 4.79 Å². The molecule has 2 aromatic carbocycles. The average Bonchev–Trinajstić information content (AvgIpc) is 3.06. The van der Waals surface area contributed by atoms with Crippen LogP contribution in [0.4, 0.5) is 10.2 Å². The summed E-state index contributed by atoms with van der Waals surface area (Å²) in [5, 5.41) is 11.6. The first-order valence-electron chi connectivity index (χ1n) is 10.5. The van der Waals surface area contributed by atoms with Gasteiger partial charge in [0.25, 0.3) is 5.95 Å². The summed E-state index contributed by atoms with van der Waals surface area (Å²) < 4.78 is 15.7. The first kappa shape index (κ1) is 20.1. The van der Waals surface area contributed by atoms with E-state index in [0.29, 0.717) is 29.9 Å². The summed E-state index contributed by atoms with van der Waals surface area (Å²) in [7, 11) is 0. The highest BCUT2D eigenvalue weighted by Gasteiger charge is 2.20. The van der Waals surface area contributed by atoms with Gasteiger partial charge in [0, 0.05) is 30.1 Å². The number of carbonyl (C=O) groups excluding carboxylic acids is 1. The molecule has 0 fully saturated rings. The molecule has 0 aliphatic carbocycles. The zero-order chi connectivity index (χ0) is 22.1. The number of fused-ring (bicyclic) bond motifs is 2. The lowest BCUT2D eigenvalue weighted by Crippen LogP contribution is -2.16. The molecule has 1 aliphatic rings. The van der Waals surface area contributed by atoms with Crippen LogP contribution in [-0.4, -0.2) is 32.2 Å². The number of aromatic nitrogens is 4. The monoisotopic (exact) mass is 431 g/mol. The van der Waals surface area contributed by atoms with Crippen LogP contribution in [-0.2, 0) is 19.5 Å². The second-order valence-electron chi connectivity index (χ2n) is 7.72. The zero-order valence-corrected chi connectivity index (χ0v) is 17.3. The van der Waals surface area contributed by atoms with Gasteiger partial charge < -0.3 is 16.4 Å². The summed E-state index contributed by atoms with van der Waals surface area (Å²) in [5.74, 6) is -0.259. The third-order valence-corrected chi connectivity index (χ3v) is 5.56. The van der Waals surface area contributed by atoms with Gasteiger partial charge in [-0.15, -0.1) is 0 Å². The lowest BCUT2D eigenvalue weighted by Gasteiger charge is -2.15. The molecular weight excluding hydrogens is 409 g/mol. The summed E-state index contributed by atoms with van der Waals surface area (Å²) in [6.45, 7) is 2.10. The molecule has 9 heteroatoms. The summed E-state index contributed by atoms with van der Waals surface area (Å²) in [6, 6.07) is 12.5. The Labute approximate surface area is 183 Å². The lowest BCUT2D eigenvalue weighted by atomic mass is 10.1. The van der Waals surface area contributed by atoms with Crippen LogP contribution in [0.5, 0.6) is 0 Å². The second kappa shape index (κ2) is 8.35. The van der Waals surface area contributed by atoms with Gasteiger partial charge in [-0.2, -0.15) is 14.8 Å². The highest BCUT2D eigenvalue weighted by atomic mass is 19.1. The van der Waals surface area contributed by atoms with Crippen molar-refractivity contribution in [2.75, 3.05) is 11.9 Å². The van der Waals surface area contributed by atoms with Gasteiger partial charge in [0.15, 0.2) is 0 Å². The molecule has 3 heterocycles. The maximum Gasteiger partial charge on any atom is 0.253 e. The molecule has 0 saturated heterocycles. The topological polar surface area (TPSA) is 111 Å². The summed E-state index contributed by atoms with van der Waals surface area (Å²) in [6.07, 6.45) is 3.31. The van der Waals surface area contributed by atoms with Crippen molar-refractivity contribution < 1.29 is 9.18 Å². The second-order valence-corrected chi connectivity index (χ2v) is 7.72. The van der Waals surface area contributed by atoms with Gasteiger partial charge in [0.2, 0.25) is 5.91 Å². The highest BCUT2D eigenvalue weighted by Crippen LogP contribution is 2.26. The van der Waals surface area contributed by atoms with Gasteiger partial charge >= 0.3 is 0 Å². The summed E-state index contributed by atoms with van der Waals surface area (Å²) >= 11 is 0. The molecule has 8 nitrogen and oxygen atoms in total. The molecule has 0 spiro atoms. The van der Waals surface area contributed by atoms with Crippen molar-refractivity contribution in [2.24, 2.45) is 5.73 Å². The first-order chi connectivity index (χ1) is 15.6. The van der Waals surface area contributed by atoms with E-state index in [1.54, 1.807) is 0 Å². The number of nitrogens with one attached hydrogen (secondary N) is 2. The fourth-order valence-electron chi connectivity index (χ4n) is 4.00. The molecule has 5 rings (SSSR count). The van der Waals surface area contributed by atoms with E-state index in [4.69, 9.17) is 15.7 Å². The molecule has 0 unspecified atom stereocenters. The zero-order valence-electron chi connectivity index (χ0n) is 17.3. The smallest absolute Gasteiger partial charge is 0.253 e. The number of hydrogen-bond acceptors (Lipinski definition) is 6. The van der Waals surface area contributed by atoms with Gasteiger partial charge in [0.1, 0.15) is 11.6 Å². The average molecular weight is 431 g/mol. The Kier molecular flexibility index (Phi) is 5.24. The molecule has 1 amide bonds. The Hall–Kier alpha value is -3.85. The number of halogens is 1. The van der Waals surface area contributed by atoms with Crippen LogP contribution in [0.15, 0.2) is 48.7 Å². The highest BCUT2D eigenvalue weighted by molar-refractivity contribution is 6.05. The van der Waals surface area contributed by atoms with E-state index in [2.05, 4.69) is 15.7 Å². The third-order valence-electron chi connectivity index (χ3n) is 5.56. The third kappa shape index (κ3) is 3.78. The van der Waals surface area contributed by atoms with E-state index in [1.807, 2.05) is 30.3 Å². The molecule has 4 N–H and O–H groups in total. The summed E-state index contributed by atoms with van der Waals surface area (Å²) in [4.78, 5) is 21.3. The van der Waals surface area contributed by atoms with Crippen LogP contribution < -0.4 is 16.4 Å². The SMILES string of the molecule is NC(=O)c1cc(F)cc2c1cnn2-c1nc2c(c(NCc3ccccc3)n1)CCCNC2. The molecule has 1 aliphatic heterocycles. The number of nitrogens with zero attached hydrogens (tertiary/aromatic N) is 4. The fourth-order valence-corrected chi connectivity index (χ4v) is 4.00. The quantitative estimate of drug-likeness (QED) is 0.448. The van der Waals surface area contributed by atoms with E-state index in [0.717, 1.165) is 48.1 Å². The number of carbonyl (C=O) groups is 1. The van der Waals surface area contributed by atoms with Gasteiger partial charge in [0.05, 0.1) is 23.0 Å². The van der Waals surface area contributed by atoms with E-state index < -0.39 is 11.7 Å². The molecule has 0 radical (unpaired) electrons. The maximum atomic E-state index is 14.2. The standard InChI is InChI=1S/C23H22FN7O/c24-15-9-17(21(25)32)18-12-28-31(20(18)10-15)23-29-19-13-26-8-4-7-16(19)22(30-23)27-11-14-5-2-1-3-6-14/h1-3,5-6,9-10,12,26H,4,7-8,11,13H2,(H2,25,32)(H,27,29,30). The molecular formula is C23H22FN7O. The number of amides is 1. The normalized spacial score (nSPS) is 13.5.